The average molecular weight is 375 g/mol. The van der Waals surface area contributed by atoms with Crippen molar-refractivity contribution in [3.05, 3.63) is 83.9 Å². The van der Waals surface area contributed by atoms with Crippen LogP contribution in [0.1, 0.15) is 15.9 Å². The highest BCUT2D eigenvalue weighted by atomic mass is 19.4. The Labute approximate surface area is 151 Å². The number of pyridine rings is 1. The summed E-state index contributed by atoms with van der Waals surface area (Å²) >= 11 is 0. The quantitative estimate of drug-likeness (QED) is 0.614. The number of rotatable bonds is 4. The van der Waals surface area contributed by atoms with E-state index in [1.54, 1.807) is 0 Å². The summed E-state index contributed by atoms with van der Waals surface area (Å²) in [6.45, 7) is 0. The first-order valence-corrected chi connectivity index (χ1v) is 7.77. The van der Waals surface area contributed by atoms with Crippen molar-refractivity contribution in [3.63, 3.8) is 0 Å². The predicted molar refractivity (Wildman–Crippen MR) is 93.3 cm³/mol. The summed E-state index contributed by atoms with van der Waals surface area (Å²) < 4.78 is 50.6. The molecule has 0 spiro atoms. The molecule has 3 aromatic rings. The van der Waals surface area contributed by atoms with Crippen LogP contribution in [0.4, 0.5) is 34.6 Å². The zero-order valence-electron chi connectivity index (χ0n) is 13.7. The van der Waals surface area contributed by atoms with Crippen LogP contribution < -0.4 is 10.6 Å². The van der Waals surface area contributed by atoms with Crippen LogP contribution in [0.3, 0.4) is 0 Å². The number of amides is 1. The molecule has 0 bridgehead atoms. The van der Waals surface area contributed by atoms with Gasteiger partial charge in [-0.15, -0.1) is 0 Å². The van der Waals surface area contributed by atoms with Gasteiger partial charge in [0.25, 0.3) is 5.91 Å². The van der Waals surface area contributed by atoms with Crippen LogP contribution in [0.5, 0.6) is 0 Å². The van der Waals surface area contributed by atoms with Crippen LogP contribution in [-0.4, -0.2) is 10.9 Å². The minimum atomic E-state index is -4.44. The summed E-state index contributed by atoms with van der Waals surface area (Å²) in [5.41, 5.74) is 0.750. The van der Waals surface area contributed by atoms with Gasteiger partial charge in [-0.25, -0.2) is 4.39 Å². The lowest BCUT2D eigenvalue weighted by Crippen LogP contribution is -2.13. The second kappa shape index (κ2) is 7.45. The van der Waals surface area contributed by atoms with Crippen molar-refractivity contribution in [2.45, 2.75) is 6.18 Å². The number of anilines is 3. The third-order valence-corrected chi connectivity index (χ3v) is 3.60. The fraction of sp³-hybridized carbons (Fsp3) is 0.0526. The zero-order chi connectivity index (χ0) is 19.4. The molecular formula is C19H13F4N3O. The van der Waals surface area contributed by atoms with Gasteiger partial charge in [-0.3, -0.25) is 9.78 Å². The standard InChI is InChI=1S/C19H13F4N3O/c20-14-3-7-15(8-4-14)25-17-9-12(10-24-11-17)18(27)26-16-5-1-13(2-6-16)19(21,22)23/h1-11,25H,(H,26,27). The van der Waals surface area contributed by atoms with Gasteiger partial charge in [0.15, 0.2) is 0 Å². The number of carbonyl (C=O) groups excluding carboxylic acids is 1. The van der Waals surface area contributed by atoms with Crippen LogP contribution >= 0.6 is 0 Å². The molecule has 3 rings (SSSR count). The largest absolute Gasteiger partial charge is 0.416 e. The first kappa shape index (κ1) is 18.4. The lowest BCUT2D eigenvalue weighted by Gasteiger charge is -2.10. The first-order valence-electron chi connectivity index (χ1n) is 7.77. The van der Waals surface area contributed by atoms with E-state index < -0.39 is 17.6 Å². The van der Waals surface area contributed by atoms with Crippen LogP contribution in [-0.2, 0) is 6.18 Å². The molecule has 8 heteroatoms. The maximum atomic E-state index is 12.9. The predicted octanol–water partition coefficient (Wildman–Crippen LogP) is 5.24. The number of halogens is 4. The van der Waals surface area contributed by atoms with E-state index in [-0.39, 0.29) is 17.1 Å². The van der Waals surface area contributed by atoms with E-state index in [9.17, 15) is 22.4 Å². The number of alkyl halides is 3. The highest BCUT2D eigenvalue weighted by Gasteiger charge is 2.30. The molecule has 0 atom stereocenters. The third-order valence-electron chi connectivity index (χ3n) is 3.60. The Morgan fingerprint density at radius 1 is 0.852 bits per heavy atom. The molecule has 0 saturated heterocycles. The van der Waals surface area contributed by atoms with Crippen molar-refractivity contribution in [1.29, 1.82) is 0 Å². The summed E-state index contributed by atoms with van der Waals surface area (Å²) in [6.07, 6.45) is -1.62. The summed E-state index contributed by atoms with van der Waals surface area (Å²) in [7, 11) is 0. The van der Waals surface area contributed by atoms with Crippen LogP contribution in [0, 0.1) is 5.82 Å². The SMILES string of the molecule is O=C(Nc1ccc(C(F)(F)F)cc1)c1cncc(Nc2ccc(F)cc2)c1. The highest BCUT2D eigenvalue weighted by molar-refractivity contribution is 6.04. The van der Waals surface area contributed by atoms with Crippen LogP contribution in [0.2, 0.25) is 0 Å². The first-order chi connectivity index (χ1) is 12.8. The van der Waals surface area contributed by atoms with Gasteiger partial charge in [0, 0.05) is 17.6 Å². The van der Waals surface area contributed by atoms with E-state index in [2.05, 4.69) is 15.6 Å². The topological polar surface area (TPSA) is 54.0 Å². The van der Waals surface area contributed by atoms with E-state index in [0.29, 0.717) is 11.4 Å². The monoisotopic (exact) mass is 375 g/mol. The Kier molecular flexibility index (Phi) is 5.07. The van der Waals surface area contributed by atoms with Crippen LogP contribution in [0.15, 0.2) is 67.0 Å². The Morgan fingerprint density at radius 2 is 1.48 bits per heavy atom. The van der Waals surface area contributed by atoms with Crippen molar-refractivity contribution in [1.82, 2.24) is 4.98 Å². The van der Waals surface area contributed by atoms with Gasteiger partial charge in [-0.1, -0.05) is 0 Å². The van der Waals surface area contributed by atoms with Gasteiger partial charge in [0.05, 0.1) is 23.0 Å². The molecule has 0 saturated carbocycles. The Hall–Kier alpha value is -3.42. The molecule has 0 aliphatic heterocycles. The lowest BCUT2D eigenvalue weighted by molar-refractivity contribution is -0.137. The smallest absolute Gasteiger partial charge is 0.354 e. The molecule has 0 aliphatic carbocycles. The van der Waals surface area contributed by atoms with Crippen molar-refractivity contribution in [2.24, 2.45) is 0 Å². The van der Waals surface area contributed by atoms with Gasteiger partial charge >= 0.3 is 6.18 Å². The maximum Gasteiger partial charge on any atom is 0.416 e. The van der Waals surface area contributed by atoms with E-state index >= 15 is 0 Å². The second-order valence-corrected chi connectivity index (χ2v) is 5.62. The zero-order valence-corrected chi connectivity index (χ0v) is 13.7. The molecule has 2 N–H and O–H groups in total. The molecule has 1 amide bonds. The lowest BCUT2D eigenvalue weighted by atomic mass is 10.2. The molecule has 0 unspecified atom stereocenters. The summed E-state index contributed by atoms with van der Waals surface area (Å²) in [5.74, 6) is -0.895. The fourth-order valence-electron chi connectivity index (χ4n) is 2.28. The van der Waals surface area contributed by atoms with Crippen molar-refractivity contribution in [2.75, 3.05) is 10.6 Å². The molecular weight excluding hydrogens is 362 g/mol. The third kappa shape index (κ3) is 4.81. The number of hydrogen-bond donors (Lipinski definition) is 2. The number of aromatic nitrogens is 1. The highest BCUT2D eigenvalue weighted by Crippen LogP contribution is 2.30. The second-order valence-electron chi connectivity index (χ2n) is 5.62. The number of hydrogen-bond acceptors (Lipinski definition) is 3. The Bertz CT molecular complexity index is 938. The molecule has 138 valence electrons. The van der Waals surface area contributed by atoms with E-state index in [4.69, 9.17) is 0 Å². The minimum Gasteiger partial charge on any atom is -0.354 e. The molecule has 0 radical (unpaired) electrons. The molecule has 0 aliphatic rings. The Balaban J connectivity index is 1.70. The van der Waals surface area contributed by atoms with Crippen molar-refractivity contribution in [3.8, 4) is 0 Å². The van der Waals surface area contributed by atoms with Gasteiger partial charge in [-0.05, 0) is 54.6 Å². The summed E-state index contributed by atoms with van der Waals surface area (Å²) in [5, 5.41) is 5.49. The molecule has 4 nitrogen and oxygen atoms in total. The number of nitrogens with zero attached hydrogens (tertiary/aromatic N) is 1. The molecule has 27 heavy (non-hydrogen) atoms. The van der Waals surface area contributed by atoms with Gasteiger partial charge in [-0.2, -0.15) is 13.2 Å². The van der Waals surface area contributed by atoms with Gasteiger partial charge < -0.3 is 10.6 Å². The summed E-state index contributed by atoms with van der Waals surface area (Å²) in [4.78, 5) is 16.3. The van der Waals surface area contributed by atoms with E-state index in [1.807, 2.05) is 0 Å². The Morgan fingerprint density at radius 3 is 2.11 bits per heavy atom. The fourth-order valence-corrected chi connectivity index (χ4v) is 2.28. The molecule has 2 aromatic carbocycles. The summed E-state index contributed by atoms with van der Waals surface area (Å²) in [6, 6.07) is 11.3. The number of benzene rings is 2. The maximum absolute atomic E-state index is 12.9. The molecule has 0 fully saturated rings. The molecule has 1 aromatic heterocycles. The number of carbonyl (C=O) groups is 1. The molecule has 1 heterocycles. The minimum absolute atomic E-state index is 0.210. The van der Waals surface area contributed by atoms with Crippen LogP contribution in [0.25, 0.3) is 0 Å². The number of nitrogens with one attached hydrogen (secondary N) is 2. The average Bonchev–Trinajstić information content (AvgIpc) is 2.63. The van der Waals surface area contributed by atoms with E-state index in [0.717, 1.165) is 12.1 Å². The van der Waals surface area contributed by atoms with Crippen molar-refractivity contribution < 1.29 is 22.4 Å². The normalized spacial score (nSPS) is 11.1. The van der Waals surface area contributed by atoms with Gasteiger partial charge in [0.2, 0.25) is 0 Å². The van der Waals surface area contributed by atoms with Crippen molar-refractivity contribution >= 4 is 23.0 Å². The van der Waals surface area contributed by atoms with E-state index in [1.165, 1.54) is 54.9 Å². The van der Waals surface area contributed by atoms with Gasteiger partial charge in [0.1, 0.15) is 5.82 Å².